The summed E-state index contributed by atoms with van der Waals surface area (Å²) >= 11 is 0. The van der Waals surface area contributed by atoms with Gasteiger partial charge in [-0.15, -0.1) is 0 Å². The van der Waals surface area contributed by atoms with E-state index in [2.05, 4.69) is 76.2 Å². The summed E-state index contributed by atoms with van der Waals surface area (Å²) in [6, 6.07) is 24.8. The van der Waals surface area contributed by atoms with Crippen LogP contribution in [0.15, 0.2) is 72.8 Å². The molecular formula is C24H28N2. The smallest absolute Gasteiger partial charge is 0.0360 e. The highest BCUT2D eigenvalue weighted by molar-refractivity contribution is 5.70. The van der Waals surface area contributed by atoms with E-state index < -0.39 is 0 Å². The van der Waals surface area contributed by atoms with Gasteiger partial charge in [-0.05, 0) is 34.4 Å². The van der Waals surface area contributed by atoms with E-state index in [1.54, 1.807) is 0 Å². The average molecular weight is 345 g/mol. The lowest BCUT2D eigenvalue weighted by atomic mass is 9.67. The van der Waals surface area contributed by atoms with Gasteiger partial charge in [-0.3, -0.25) is 0 Å². The minimum atomic E-state index is -0.262. The SMILES string of the molecule is CC(C)(c1ccccc1)c1c(N)ccc(N)c1C(C)(C)c1ccccc1. The second kappa shape index (κ2) is 6.53. The van der Waals surface area contributed by atoms with Crippen LogP contribution in [-0.4, -0.2) is 0 Å². The Labute approximate surface area is 156 Å². The standard InChI is InChI=1S/C24H28N2/c1-23(2,17-11-7-5-8-12-17)21-19(25)15-16-20(26)22(21)24(3,4)18-13-9-6-10-14-18/h5-16H,25-26H2,1-4H3. The van der Waals surface area contributed by atoms with Crippen LogP contribution in [0.2, 0.25) is 0 Å². The molecule has 0 aliphatic rings. The molecular weight excluding hydrogens is 316 g/mol. The van der Waals surface area contributed by atoms with E-state index in [1.807, 2.05) is 24.3 Å². The predicted octanol–water partition coefficient (Wildman–Crippen LogP) is 5.50. The summed E-state index contributed by atoms with van der Waals surface area (Å²) in [6.45, 7) is 8.88. The molecule has 0 radical (unpaired) electrons. The molecule has 3 rings (SSSR count). The Morgan fingerprint density at radius 3 is 1.12 bits per heavy atom. The van der Waals surface area contributed by atoms with Crippen LogP contribution in [-0.2, 0) is 10.8 Å². The second-order valence-corrected chi connectivity index (χ2v) is 7.98. The zero-order valence-electron chi connectivity index (χ0n) is 16.1. The van der Waals surface area contributed by atoms with Gasteiger partial charge in [-0.2, -0.15) is 0 Å². The quantitative estimate of drug-likeness (QED) is 0.614. The molecule has 0 spiro atoms. The van der Waals surface area contributed by atoms with Crippen molar-refractivity contribution in [1.82, 2.24) is 0 Å². The lowest BCUT2D eigenvalue weighted by Crippen LogP contribution is -2.30. The van der Waals surface area contributed by atoms with Gasteiger partial charge in [0, 0.05) is 22.2 Å². The largest absolute Gasteiger partial charge is 0.398 e. The van der Waals surface area contributed by atoms with Crippen LogP contribution < -0.4 is 11.5 Å². The fourth-order valence-corrected chi connectivity index (χ4v) is 3.98. The third kappa shape index (κ3) is 2.96. The van der Waals surface area contributed by atoms with Crippen molar-refractivity contribution in [2.45, 2.75) is 38.5 Å². The summed E-state index contributed by atoms with van der Waals surface area (Å²) < 4.78 is 0. The highest BCUT2D eigenvalue weighted by Gasteiger charge is 2.36. The van der Waals surface area contributed by atoms with E-state index in [4.69, 9.17) is 11.5 Å². The molecule has 4 N–H and O–H groups in total. The van der Waals surface area contributed by atoms with Gasteiger partial charge < -0.3 is 11.5 Å². The van der Waals surface area contributed by atoms with Crippen molar-refractivity contribution in [1.29, 1.82) is 0 Å². The first kappa shape index (κ1) is 18.1. The Kier molecular flexibility index (Phi) is 4.53. The van der Waals surface area contributed by atoms with E-state index >= 15 is 0 Å². The Balaban J connectivity index is 2.30. The average Bonchev–Trinajstić information content (AvgIpc) is 2.64. The first-order valence-corrected chi connectivity index (χ1v) is 9.06. The molecule has 0 unspecified atom stereocenters. The number of nitrogen functional groups attached to an aromatic ring is 2. The molecule has 0 atom stereocenters. The third-order valence-corrected chi connectivity index (χ3v) is 5.51. The van der Waals surface area contributed by atoms with Gasteiger partial charge in [-0.25, -0.2) is 0 Å². The van der Waals surface area contributed by atoms with Gasteiger partial charge >= 0.3 is 0 Å². The molecule has 3 aromatic rings. The van der Waals surface area contributed by atoms with Gasteiger partial charge in [0.15, 0.2) is 0 Å². The summed E-state index contributed by atoms with van der Waals surface area (Å²) in [4.78, 5) is 0. The molecule has 0 saturated heterocycles. The maximum absolute atomic E-state index is 6.53. The van der Waals surface area contributed by atoms with Gasteiger partial charge in [-0.1, -0.05) is 88.4 Å². The van der Waals surface area contributed by atoms with Gasteiger partial charge in [0.25, 0.3) is 0 Å². The van der Waals surface area contributed by atoms with Crippen molar-refractivity contribution in [3.05, 3.63) is 95.1 Å². The van der Waals surface area contributed by atoms with Gasteiger partial charge in [0.05, 0.1) is 0 Å². The topological polar surface area (TPSA) is 52.0 Å². The monoisotopic (exact) mass is 344 g/mol. The van der Waals surface area contributed by atoms with Crippen LogP contribution >= 0.6 is 0 Å². The molecule has 0 heterocycles. The van der Waals surface area contributed by atoms with Crippen LogP contribution in [0, 0.1) is 0 Å². The Morgan fingerprint density at radius 1 is 0.500 bits per heavy atom. The highest BCUT2D eigenvalue weighted by atomic mass is 14.6. The van der Waals surface area contributed by atoms with Gasteiger partial charge in [0.2, 0.25) is 0 Å². The van der Waals surface area contributed by atoms with Crippen molar-refractivity contribution in [2.75, 3.05) is 11.5 Å². The normalized spacial score (nSPS) is 12.2. The zero-order valence-corrected chi connectivity index (χ0v) is 16.1. The molecule has 0 aromatic heterocycles. The first-order valence-electron chi connectivity index (χ1n) is 9.06. The van der Waals surface area contributed by atoms with E-state index in [0.29, 0.717) is 0 Å². The molecule has 3 aromatic carbocycles. The second-order valence-electron chi connectivity index (χ2n) is 7.98. The first-order chi connectivity index (χ1) is 12.3. The van der Waals surface area contributed by atoms with Crippen LogP contribution in [0.1, 0.15) is 49.9 Å². The molecule has 2 nitrogen and oxygen atoms in total. The van der Waals surface area contributed by atoms with E-state index in [0.717, 1.165) is 22.5 Å². The molecule has 0 amide bonds. The molecule has 26 heavy (non-hydrogen) atoms. The Hall–Kier alpha value is -2.74. The minimum Gasteiger partial charge on any atom is -0.398 e. The molecule has 2 heteroatoms. The number of hydrogen-bond acceptors (Lipinski definition) is 2. The molecule has 0 saturated carbocycles. The van der Waals surface area contributed by atoms with Crippen LogP contribution in [0.4, 0.5) is 11.4 Å². The summed E-state index contributed by atoms with van der Waals surface area (Å²) in [5, 5.41) is 0. The summed E-state index contributed by atoms with van der Waals surface area (Å²) in [5.74, 6) is 0. The summed E-state index contributed by atoms with van der Waals surface area (Å²) in [7, 11) is 0. The lowest BCUT2D eigenvalue weighted by Gasteiger charge is -2.37. The highest BCUT2D eigenvalue weighted by Crippen LogP contribution is 2.46. The van der Waals surface area contributed by atoms with E-state index in [-0.39, 0.29) is 10.8 Å². The lowest BCUT2D eigenvalue weighted by molar-refractivity contribution is 0.582. The fourth-order valence-electron chi connectivity index (χ4n) is 3.98. The van der Waals surface area contributed by atoms with Crippen molar-refractivity contribution in [3.63, 3.8) is 0 Å². The van der Waals surface area contributed by atoms with Crippen molar-refractivity contribution >= 4 is 11.4 Å². The third-order valence-electron chi connectivity index (χ3n) is 5.51. The van der Waals surface area contributed by atoms with Crippen molar-refractivity contribution < 1.29 is 0 Å². The Morgan fingerprint density at radius 2 is 0.808 bits per heavy atom. The van der Waals surface area contributed by atoms with Crippen LogP contribution in [0.3, 0.4) is 0 Å². The fraction of sp³-hybridized carbons (Fsp3) is 0.250. The summed E-state index contributed by atoms with van der Waals surface area (Å²) in [6.07, 6.45) is 0. The van der Waals surface area contributed by atoms with Crippen molar-refractivity contribution in [3.8, 4) is 0 Å². The maximum Gasteiger partial charge on any atom is 0.0360 e. The van der Waals surface area contributed by atoms with E-state index in [9.17, 15) is 0 Å². The zero-order chi connectivity index (χ0) is 18.9. The number of rotatable bonds is 4. The molecule has 0 fully saturated rings. The Bertz CT molecular complexity index is 818. The number of benzene rings is 3. The number of anilines is 2. The van der Waals surface area contributed by atoms with E-state index in [1.165, 1.54) is 11.1 Å². The summed E-state index contributed by atoms with van der Waals surface area (Å²) in [5.41, 5.74) is 18.8. The van der Waals surface area contributed by atoms with Crippen molar-refractivity contribution in [2.24, 2.45) is 0 Å². The molecule has 0 aliphatic heterocycles. The minimum absolute atomic E-state index is 0.262. The number of nitrogens with two attached hydrogens (primary N) is 2. The number of hydrogen-bond donors (Lipinski definition) is 2. The maximum atomic E-state index is 6.53. The predicted molar refractivity (Wildman–Crippen MR) is 112 cm³/mol. The van der Waals surface area contributed by atoms with Crippen LogP contribution in [0.5, 0.6) is 0 Å². The molecule has 0 aliphatic carbocycles. The van der Waals surface area contributed by atoms with Gasteiger partial charge in [0.1, 0.15) is 0 Å². The molecule has 134 valence electrons. The molecule has 0 bridgehead atoms. The van der Waals surface area contributed by atoms with Crippen LogP contribution in [0.25, 0.3) is 0 Å².